The molecule has 0 radical (unpaired) electrons. The van der Waals surface area contributed by atoms with Crippen LogP contribution in [0.1, 0.15) is 12.6 Å². The fraction of sp³-hybridized carbons (Fsp3) is 0.375. The highest BCUT2D eigenvalue weighted by Gasteiger charge is 2.18. The first kappa shape index (κ1) is 11.0. The van der Waals surface area contributed by atoms with Crippen molar-refractivity contribution in [3.05, 3.63) is 11.8 Å². The predicted octanol–water partition coefficient (Wildman–Crippen LogP) is -0.0945. The summed E-state index contributed by atoms with van der Waals surface area (Å²) in [5.41, 5.74) is 5.75. The SMILES string of the molecule is CCOC(=O)C(=NOC)c1cc(N)n[nH]1. The average molecular weight is 212 g/mol. The number of hydrogen-bond donors (Lipinski definition) is 2. The van der Waals surface area contributed by atoms with Gasteiger partial charge in [-0.05, 0) is 6.92 Å². The van der Waals surface area contributed by atoms with E-state index in [-0.39, 0.29) is 18.1 Å². The number of nitrogens with two attached hydrogens (primary N) is 1. The van der Waals surface area contributed by atoms with Crippen LogP contribution in [0.4, 0.5) is 5.82 Å². The quantitative estimate of drug-likeness (QED) is 0.412. The minimum Gasteiger partial charge on any atom is -0.461 e. The third-order valence-corrected chi connectivity index (χ3v) is 1.50. The third-order valence-electron chi connectivity index (χ3n) is 1.50. The van der Waals surface area contributed by atoms with Crippen LogP contribution < -0.4 is 5.73 Å². The molecule has 7 heteroatoms. The minimum absolute atomic E-state index is 0.00329. The van der Waals surface area contributed by atoms with Crippen LogP contribution in [-0.4, -0.2) is 35.6 Å². The van der Waals surface area contributed by atoms with E-state index in [2.05, 4.69) is 20.2 Å². The van der Waals surface area contributed by atoms with E-state index in [1.165, 1.54) is 13.2 Å². The van der Waals surface area contributed by atoms with E-state index < -0.39 is 5.97 Å². The normalized spacial score (nSPS) is 11.2. The maximum absolute atomic E-state index is 11.4. The number of oxime groups is 1. The number of ether oxygens (including phenoxy) is 1. The summed E-state index contributed by atoms with van der Waals surface area (Å²) in [5, 5.41) is 9.76. The van der Waals surface area contributed by atoms with E-state index >= 15 is 0 Å². The van der Waals surface area contributed by atoms with Crippen molar-refractivity contribution >= 4 is 17.5 Å². The molecule has 0 amide bonds. The number of anilines is 1. The summed E-state index contributed by atoms with van der Waals surface area (Å²) >= 11 is 0. The number of nitrogen functional groups attached to an aromatic ring is 1. The Kier molecular flexibility index (Phi) is 3.67. The van der Waals surface area contributed by atoms with Gasteiger partial charge in [0.2, 0.25) is 5.71 Å². The Morgan fingerprint density at radius 2 is 2.47 bits per heavy atom. The number of aromatic amines is 1. The zero-order valence-electron chi connectivity index (χ0n) is 8.48. The van der Waals surface area contributed by atoms with Gasteiger partial charge in [0.1, 0.15) is 12.9 Å². The van der Waals surface area contributed by atoms with Crippen LogP contribution in [-0.2, 0) is 14.4 Å². The molecule has 82 valence electrons. The average Bonchev–Trinajstić information content (AvgIpc) is 2.61. The van der Waals surface area contributed by atoms with Gasteiger partial charge < -0.3 is 15.3 Å². The van der Waals surface area contributed by atoms with Crippen molar-refractivity contribution in [2.24, 2.45) is 5.16 Å². The van der Waals surface area contributed by atoms with Crippen molar-refractivity contribution in [3.63, 3.8) is 0 Å². The van der Waals surface area contributed by atoms with Crippen LogP contribution in [0.25, 0.3) is 0 Å². The highest BCUT2D eigenvalue weighted by molar-refractivity contribution is 6.42. The molecule has 15 heavy (non-hydrogen) atoms. The van der Waals surface area contributed by atoms with Crippen LogP contribution in [0.15, 0.2) is 11.2 Å². The molecule has 0 aliphatic carbocycles. The van der Waals surface area contributed by atoms with Crippen LogP contribution in [0.3, 0.4) is 0 Å². The summed E-state index contributed by atoms with van der Waals surface area (Å²) in [6.07, 6.45) is 0. The summed E-state index contributed by atoms with van der Waals surface area (Å²) in [6, 6.07) is 1.47. The summed E-state index contributed by atoms with van der Waals surface area (Å²) in [7, 11) is 1.33. The van der Waals surface area contributed by atoms with Crippen LogP contribution >= 0.6 is 0 Å². The van der Waals surface area contributed by atoms with Gasteiger partial charge in [-0.3, -0.25) is 5.10 Å². The maximum Gasteiger partial charge on any atom is 0.362 e. The molecular formula is C8H12N4O3. The van der Waals surface area contributed by atoms with E-state index in [0.717, 1.165) is 0 Å². The minimum atomic E-state index is -0.594. The summed E-state index contributed by atoms with van der Waals surface area (Å²) in [5.74, 6) is -0.332. The largest absolute Gasteiger partial charge is 0.461 e. The lowest BCUT2D eigenvalue weighted by molar-refractivity contribution is -0.135. The zero-order chi connectivity index (χ0) is 11.3. The Morgan fingerprint density at radius 3 is 2.93 bits per heavy atom. The second-order valence-corrected chi connectivity index (χ2v) is 2.55. The first-order valence-electron chi connectivity index (χ1n) is 4.28. The molecule has 0 fully saturated rings. The third kappa shape index (κ3) is 2.70. The topological polar surface area (TPSA) is 103 Å². The van der Waals surface area contributed by atoms with Gasteiger partial charge in [0.05, 0.1) is 12.3 Å². The number of rotatable bonds is 4. The molecule has 0 saturated carbocycles. The molecule has 7 nitrogen and oxygen atoms in total. The fourth-order valence-electron chi connectivity index (χ4n) is 0.946. The standard InChI is InChI=1S/C8H12N4O3/c1-3-15-8(13)7(12-14-2)5-4-6(9)11-10-5/h4H,3H2,1-2H3,(H3,9,10,11). The van der Waals surface area contributed by atoms with Gasteiger partial charge in [-0.25, -0.2) is 4.79 Å². The number of carbonyl (C=O) groups excluding carboxylic acids is 1. The second kappa shape index (κ2) is 4.99. The van der Waals surface area contributed by atoms with Crippen molar-refractivity contribution in [1.82, 2.24) is 10.2 Å². The molecule has 1 heterocycles. The van der Waals surface area contributed by atoms with Gasteiger partial charge in [0.25, 0.3) is 0 Å². The van der Waals surface area contributed by atoms with Crippen LogP contribution in [0.5, 0.6) is 0 Å². The summed E-state index contributed by atoms with van der Waals surface area (Å²) in [6.45, 7) is 1.95. The molecule has 0 atom stereocenters. The molecule has 1 aromatic heterocycles. The number of carbonyl (C=O) groups is 1. The molecule has 1 aromatic rings. The molecule has 3 N–H and O–H groups in total. The van der Waals surface area contributed by atoms with Crippen molar-refractivity contribution in [2.75, 3.05) is 19.5 Å². The van der Waals surface area contributed by atoms with Crippen molar-refractivity contribution < 1.29 is 14.4 Å². The Bertz CT molecular complexity index is 372. The highest BCUT2D eigenvalue weighted by atomic mass is 16.6. The van der Waals surface area contributed by atoms with Crippen molar-refractivity contribution in [3.8, 4) is 0 Å². The van der Waals surface area contributed by atoms with Gasteiger partial charge in [0.15, 0.2) is 0 Å². The molecule has 0 aromatic carbocycles. The van der Waals surface area contributed by atoms with Gasteiger partial charge >= 0.3 is 5.97 Å². The van der Waals surface area contributed by atoms with Crippen molar-refractivity contribution in [1.29, 1.82) is 0 Å². The molecule has 0 saturated heterocycles. The monoisotopic (exact) mass is 212 g/mol. The molecule has 0 bridgehead atoms. The summed E-state index contributed by atoms with van der Waals surface area (Å²) in [4.78, 5) is 16.0. The van der Waals surface area contributed by atoms with E-state index in [9.17, 15) is 4.79 Å². The van der Waals surface area contributed by atoms with Gasteiger partial charge in [-0.2, -0.15) is 5.10 Å². The van der Waals surface area contributed by atoms with Gasteiger partial charge in [0, 0.05) is 6.07 Å². The molecule has 0 spiro atoms. The number of aromatic nitrogens is 2. The maximum atomic E-state index is 11.4. The summed E-state index contributed by atoms with van der Waals surface area (Å²) < 4.78 is 4.78. The number of nitrogens with one attached hydrogen (secondary N) is 1. The van der Waals surface area contributed by atoms with E-state index in [1.807, 2.05) is 0 Å². The van der Waals surface area contributed by atoms with Gasteiger partial charge in [-0.15, -0.1) is 0 Å². The van der Waals surface area contributed by atoms with E-state index in [4.69, 9.17) is 10.5 Å². The number of nitrogens with zero attached hydrogens (tertiary/aromatic N) is 2. The lowest BCUT2D eigenvalue weighted by atomic mass is 10.3. The van der Waals surface area contributed by atoms with Crippen LogP contribution in [0.2, 0.25) is 0 Å². The molecule has 0 unspecified atom stereocenters. The van der Waals surface area contributed by atoms with E-state index in [1.54, 1.807) is 6.92 Å². The first-order chi connectivity index (χ1) is 7.19. The smallest absolute Gasteiger partial charge is 0.362 e. The van der Waals surface area contributed by atoms with Crippen LogP contribution in [0, 0.1) is 0 Å². The highest BCUT2D eigenvalue weighted by Crippen LogP contribution is 2.04. The fourth-order valence-corrected chi connectivity index (χ4v) is 0.946. The lowest BCUT2D eigenvalue weighted by Gasteiger charge is -2.01. The lowest BCUT2D eigenvalue weighted by Crippen LogP contribution is -2.19. The van der Waals surface area contributed by atoms with Crippen molar-refractivity contribution in [2.45, 2.75) is 6.92 Å². The molecular weight excluding hydrogens is 200 g/mol. The molecule has 1 rings (SSSR count). The number of H-pyrrole nitrogens is 1. The Morgan fingerprint density at radius 1 is 1.73 bits per heavy atom. The number of esters is 1. The Labute approximate surface area is 86.2 Å². The molecule has 0 aliphatic heterocycles. The Balaban J connectivity index is 2.93. The second-order valence-electron chi connectivity index (χ2n) is 2.55. The zero-order valence-corrected chi connectivity index (χ0v) is 8.48. The van der Waals surface area contributed by atoms with Gasteiger partial charge in [-0.1, -0.05) is 5.16 Å². The molecule has 0 aliphatic rings. The Hall–Kier alpha value is -2.05. The number of hydrogen-bond acceptors (Lipinski definition) is 6. The predicted molar refractivity (Wildman–Crippen MR) is 53.2 cm³/mol. The van der Waals surface area contributed by atoms with E-state index in [0.29, 0.717) is 5.69 Å². The first-order valence-corrected chi connectivity index (χ1v) is 4.28.